The van der Waals surface area contributed by atoms with Crippen LogP contribution in [0.5, 0.6) is 0 Å². The van der Waals surface area contributed by atoms with Gasteiger partial charge in [0.05, 0.1) is 18.8 Å². The second-order valence-electron chi connectivity index (χ2n) is 8.06. The van der Waals surface area contributed by atoms with Gasteiger partial charge in [0.2, 0.25) is 0 Å². The maximum atomic E-state index is 13.7. The van der Waals surface area contributed by atoms with Gasteiger partial charge in [0, 0.05) is 6.42 Å². The van der Waals surface area contributed by atoms with Crippen molar-refractivity contribution in [1.29, 1.82) is 0 Å². The SMILES string of the molecule is CC(C)(C)OC(=O)N[C@@H](CO)[C@H](O)/C=C/CC(F)(F)C(F)(F)C(F)(F)C(F)(F)C(F)(F)C(F)(F)F. The minimum Gasteiger partial charge on any atom is -0.444 e. The zero-order valence-corrected chi connectivity index (χ0v) is 17.8. The van der Waals surface area contributed by atoms with E-state index in [1.165, 1.54) is 20.8 Å². The number of alkyl halides is 13. The molecule has 0 aliphatic heterocycles. The monoisotopic (exact) mass is 549 g/mol. The molecule has 5 nitrogen and oxygen atoms in total. The number of rotatable bonds is 10. The van der Waals surface area contributed by atoms with E-state index in [2.05, 4.69) is 0 Å². The highest BCUT2D eigenvalue weighted by molar-refractivity contribution is 5.68. The quantitative estimate of drug-likeness (QED) is 0.267. The molecule has 0 aromatic carbocycles. The van der Waals surface area contributed by atoms with Gasteiger partial charge in [-0.2, -0.15) is 57.1 Å². The number of carbonyl (C=O) groups is 1. The van der Waals surface area contributed by atoms with E-state index < -0.39 is 72.7 Å². The Bertz CT molecular complexity index is 760. The lowest BCUT2D eigenvalue weighted by atomic mass is 9.92. The fourth-order valence-electron chi connectivity index (χ4n) is 2.12. The van der Waals surface area contributed by atoms with Crippen molar-refractivity contribution in [2.24, 2.45) is 0 Å². The lowest BCUT2D eigenvalue weighted by molar-refractivity contribution is -0.439. The van der Waals surface area contributed by atoms with Gasteiger partial charge in [0.1, 0.15) is 5.60 Å². The molecule has 1 amide bonds. The van der Waals surface area contributed by atoms with E-state index in [-0.39, 0.29) is 12.2 Å². The lowest BCUT2D eigenvalue weighted by Gasteiger charge is -2.39. The van der Waals surface area contributed by atoms with Gasteiger partial charge in [-0.15, -0.1) is 0 Å². The number of ether oxygens (including phenoxy) is 1. The summed E-state index contributed by atoms with van der Waals surface area (Å²) in [6.45, 7) is 3.04. The number of amides is 1. The molecule has 0 aliphatic rings. The van der Waals surface area contributed by atoms with Crippen LogP contribution in [0.1, 0.15) is 27.2 Å². The molecule has 0 aromatic rings. The summed E-state index contributed by atoms with van der Waals surface area (Å²) < 4.78 is 174. The third-order valence-electron chi connectivity index (χ3n) is 4.02. The molecule has 0 bridgehead atoms. The van der Waals surface area contributed by atoms with Gasteiger partial charge in [-0.05, 0) is 20.8 Å². The zero-order valence-electron chi connectivity index (χ0n) is 17.8. The summed E-state index contributed by atoms with van der Waals surface area (Å²) in [6.07, 6.45) is -13.8. The Kier molecular flexibility index (Phi) is 9.60. The van der Waals surface area contributed by atoms with Crippen molar-refractivity contribution in [3.05, 3.63) is 12.2 Å². The Morgan fingerprint density at radius 2 is 1.26 bits per heavy atom. The summed E-state index contributed by atoms with van der Waals surface area (Å²) in [5.41, 5.74) is -1.09. The van der Waals surface area contributed by atoms with Gasteiger partial charge in [-0.3, -0.25) is 0 Å². The van der Waals surface area contributed by atoms with Crippen LogP contribution in [0.15, 0.2) is 12.2 Å². The van der Waals surface area contributed by atoms with Gasteiger partial charge >= 0.3 is 41.9 Å². The summed E-state index contributed by atoms with van der Waals surface area (Å²) in [5.74, 6) is -37.6. The molecule has 0 rings (SSSR count). The van der Waals surface area contributed by atoms with Crippen molar-refractivity contribution in [2.45, 2.75) is 80.7 Å². The van der Waals surface area contributed by atoms with E-state index in [0.29, 0.717) is 0 Å². The molecule has 0 saturated heterocycles. The smallest absolute Gasteiger partial charge is 0.444 e. The van der Waals surface area contributed by atoms with Gasteiger partial charge < -0.3 is 20.3 Å². The van der Waals surface area contributed by atoms with Crippen LogP contribution in [0.2, 0.25) is 0 Å². The Balaban J connectivity index is 5.74. The first-order valence-corrected chi connectivity index (χ1v) is 9.10. The number of aliphatic hydroxyl groups excluding tert-OH is 2. The van der Waals surface area contributed by atoms with Crippen LogP contribution in [0, 0.1) is 0 Å². The topological polar surface area (TPSA) is 78.8 Å². The minimum absolute atomic E-state index is 0.100. The van der Waals surface area contributed by atoms with Crippen LogP contribution in [0.3, 0.4) is 0 Å². The van der Waals surface area contributed by atoms with Gasteiger partial charge in [-0.1, -0.05) is 12.2 Å². The van der Waals surface area contributed by atoms with Crippen molar-refractivity contribution in [2.75, 3.05) is 6.61 Å². The van der Waals surface area contributed by atoms with E-state index >= 15 is 0 Å². The third-order valence-corrected chi connectivity index (χ3v) is 4.02. The standard InChI is InChI=1S/C17H20F13NO4/c1-11(2,3)35-10(34)31-8(7-32)9(33)5-4-6-12(18,19)13(20,21)14(22,23)15(24,25)16(26,27)17(28,29)30/h4-5,8-9,32-33H,6-7H2,1-3H3,(H,31,34)/b5-4+/t8-,9+/m0/s1. The maximum Gasteiger partial charge on any atom is 0.460 e. The molecule has 0 radical (unpaired) electrons. The van der Waals surface area contributed by atoms with Crippen LogP contribution >= 0.6 is 0 Å². The molecule has 0 aromatic heterocycles. The van der Waals surface area contributed by atoms with E-state index in [4.69, 9.17) is 9.84 Å². The van der Waals surface area contributed by atoms with Gasteiger partial charge in [0.25, 0.3) is 0 Å². The lowest BCUT2D eigenvalue weighted by Crippen LogP contribution is -2.70. The average molecular weight is 549 g/mol. The highest BCUT2D eigenvalue weighted by Crippen LogP contribution is 2.60. The Hall–Kier alpha value is -1.98. The molecular formula is C17H20F13NO4. The number of carbonyl (C=O) groups excluding carboxylic acids is 1. The minimum atomic E-state index is -8.01. The Labute approximate surface area is 188 Å². The van der Waals surface area contributed by atoms with Crippen LogP contribution in [0.4, 0.5) is 61.9 Å². The molecule has 0 fully saturated rings. The van der Waals surface area contributed by atoms with Crippen molar-refractivity contribution in [3.63, 3.8) is 0 Å². The Morgan fingerprint density at radius 1 is 0.829 bits per heavy atom. The summed E-state index contributed by atoms with van der Waals surface area (Å²) in [4.78, 5) is 11.6. The van der Waals surface area contributed by atoms with Crippen molar-refractivity contribution >= 4 is 6.09 Å². The van der Waals surface area contributed by atoms with Gasteiger partial charge in [0.15, 0.2) is 0 Å². The maximum absolute atomic E-state index is 13.7. The second-order valence-corrected chi connectivity index (χ2v) is 8.06. The van der Waals surface area contributed by atoms with E-state index in [0.717, 1.165) is 0 Å². The van der Waals surface area contributed by atoms with E-state index in [1.807, 2.05) is 5.32 Å². The molecular weight excluding hydrogens is 529 g/mol. The first-order chi connectivity index (χ1) is 15.2. The van der Waals surface area contributed by atoms with Crippen LogP contribution < -0.4 is 5.32 Å². The number of halogens is 13. The summed E-state index contributed by atoms with van der Waals surface area (Å²) in [7, 11) is 0. The van der Waals surface area contributed by atoms with Crippen molar-refractivity contribution in [3.8, 4) is 0 Å². The normalized spacial score (nSPS) is 16.9. The average Bonchev–Trinajstić information content (AvgIpc) is 2.62. The number of aliphatic hydroxyl groups is 2. The molecule has 0 spiro atoms. The molecule has 2 atom stereocenters. The second kappa shape index (κ2) is 10.2. The summed E-state index contributed by atoms with van der Waals surface area (Å²) >= 11 is 0. The molecule has 3 N–H and O–H groups in total. The van der Waals surface area contributed by atoms with E-state index in [1.54, 1.807) is 0 Å². The fourth-order valence-corrected chi connectivity index (χ4v) is 2.12. The number of alkyl carbamates (subject to hydrolysis) is 1. The van der Waals surface area contributed by atoms with E-state index in [9.17, 15) is 67.0 Å². The number of allylic oxidation sites excluding steroid dienone is 1. The fraction of sp³-hybridized carbons (Fsp3) is 0.824. The van der Waals surface area contributed by atoms with Gasteiger partial charge in [-0.25, -0.2) is 4.79 Å². The molecule has 0 saturated carbocycles. The highest BCUT2D eigenvalue weighted by atomic mass is 19.4. The summed E-state index contributed by atoms with van der Waals surface area (Å²) in [6, 6.07) is -1.76. The highest BCUT2D eigenvalue weighted by Gasteiger charge is 2.90. The first-order valence-electron chi connectivity index (χ1n) is 9.10. The van der Waals surface area contributed by atoms with Crippen LogP contribution in [-0.2, 0) is 4.74 Å². The van der Waals surface area contributed by atoms with Crippen molar-refractivity contribution < 1.29 is 76.8 Å². The molecule has 208 valence electrons. The van der Waals surface area contributed by atoms with Crippen LogP contribution in [-0.4, -0.2) is 76.4 Å². The first kappa shape index (κ1) is 33.0. The molecule has 0 unspecified atom stereocenters. The number of nitrogens with one attached hydrogen (secondary N) is 1. The number of hydrogen-bond acceptors (Lipinski definition) is 4. The zero-order chi connectivity index (χ0) is 28.5. The van der Waals surface area contributed by atoms with Crippen molar-refractivity contribution in [1.82, 2.24) is 5.32 Å². The van der Waals surface area contributed by atoms with Crippen LogP contribution in [0.25, 0.3) is 0 Å². The molecule has 0 heterocycles. The third kappa shape index (κ3) is 6.83. The predicted molar refractivity (Wildman–Crippen MR) is 90.8 cm³/mol. The number of hydrogen-bond donors (Lipinski definition) is 3. The molecule has 0 aliphatic carbocycles. The largest absolute Gasteiger partial charge is 0.460 e. The molecule has 18 heteroatoms. The Morgan fingerprint density at radius 3 is 1.63 bits per heavy atom. The molecule has 35 heavy (non-hydrogen) atoms. The summed E-state index contributed by atoms with van der Waals surface area (Å²) in [5, 5.41) is 20.6. The predicted octanol–water partition coefficient (Wildman–Crippen LogP) is 4.92.